The largest absolute Gasteiger partial charge is 0.347 e. The van der Waals surface area contributed by atoms with Crippen molar-refractivity contribution in [1.82, 2.24) is 15.3 Å². The Balaban J connectivity index is 1.29. The summed E-state index contributed by atoms with van der Waals surface area (Å²) < 4.78 is 13.2. The van der Waals surface area contributed by atoms with Gasteiger partial charge in [0.1, 0.15) is 0 Å². The van der Waals surface area contributed by atoms with Gasteiger partial charge < -0.3 is 15.2 Å². The Morgan fingerprint density at radius 1 is 0.970 bits per heavy atom. The van der Waals surface area contributed by atoms with Gasteiger partial charge in [-0.15, -0.1) is 0 Å². The van der Waals surface area contributed by atoms with Crippen molar-refractivity contribution in [3.05, 3.63) is 89.9 Å². The number of nitrogens with zero attached hydrogens (tertiary/aromatic N) is 2. The molecule has 6 heteroatoms. The van der Waals surface area contributed by atoms with Crippen molar-refractivity contribution < 1.29 is 4.21 Å². The molecule has 2 N–H and O–H groups in total. The molecule has 5 nitrogen and oxygen atoms in total. The summed E-state index contributed by atoms with van der Waals surface area (Å²) in [7, 11) is -1.15. The van der Waals surface area contributed by atoms with Crippen LogP contribution >= 0.6 is 0 Å². The standard InChI is InChI=1S/C27H28N4OS/c1-19-13-14-25-27(20(19)2)31(23-11-6-7-12-24(23)33(25)32)16-8-15-28-17-22-26(30-18-29-22)21-9-4-3-5-10-21/h3-7,9-14,18,28H,8,15-17H2,1-2H3,(H,29,30). The van der Waals surface area contributed by atoms with E-state index in [9.17, 15) is 4.21 Å². The Hall–Kier alpha value is -3.22. The van der Waals surface area contributed by atoms with E-state index in [1.54, 1.807) is 6.33 Å². The molecule has 0 saturated carbocycles. The molecule has 5 rings (SSSR count). The number of aromatic amines is 1. The summed E-state index contributed by atoms with van der Waals surface area (Å²) in [6.07, 6.45) is 2.72. The molecule has 1 aliphatic heterocycles. The number of hydrogen-bond donors (Lipinski definition) is 2. The van der Waals surface area contributed by atoms with Crippen molar-refractivity contribution >= 4 is 22.2 Å². The number of anilines is 2. The molecule has 33 heavy (non-hydrogen) atoms. The normalized spacial score (nSPS) is 14.7. The minimum atomic E-state index is -1.15. The first-order chi connectivity index (χ1) is 16.1. The van der Waals surface area contributed by atoms with Gasteiger partial charge in [0.2, 0.25) is 0 Å². The summed E-state index contributed by atoms with van der Waals surface area (Å²) in [6, 6.07) is 22.4. The van der Waals surface area contributed by atoms with Gasteiger partial charge in [0.05, 0.1) is 49.7 Å². The summed E-state index contributed by atoms with van der Waals surface area (Å²) in [5.74, 6) is 0. The number of nitrogens with one attached hydrogen (secondary N) is 2. The third-order valence-corrected chi connectivity index (χ3v) is 7.77. The maximum absolute atomic E-state index is 13.2. The molecule has 0 radical (unpaired) electrons. The van der Waals surface area contributed by atoms with Gasteiger partial charge in [-0.1, -0.05) is 48.5 Å². The molecule has 3 aromatic carbocycles. The zero-order valence-electron chi connectivity index (χ0n) is 19.0. The number of rotatable bonds is 7. The molecule has 1 atom stereocenters. The summed E-state index contributed by atoms with van der Waals surface area (Å²) in [5, 5.41) is 3.56. The molecule has 1 aliphatic rings. The highest BCUT2D eigenvalue weighted by Crippen LogP contribution is 2.44. The molecule has 1 aromatic heterocycles. The fourth-order valence-corrected chi connectivity index (χ4v) is 5.88. The predicted octanol–water partition coefficient (Wildman–Crippen LogP) is 5.49. The van der Waals surface area contributed by atoms with Crippen LogP contribution in [-0.4, -0.2) is 27.3 Å². The third-order valence-electron chi connectivity index (χ3n) is 6.29. The number of para-hydroxylation sites is 1. The lowest BCUT2D eigenvalue weighted by Crippen LogP contribution is -2.28. The van der Waals surface area contributed by atoms with E-state index < -0.39 is 10.8 Å². The lowest BCUT2D eigenvalue weighted by molar-refractivity contribution is 0.641. The average Bonchev–Trinajstić information content (AvgIpc) is 3.32. The topological polar surface area (TPSA) is 61.0 Å². The lowest BCUT2D eigenvalue weighted by atomic mass is 10.1. The summed E-state index contributed by atoms with van der Waals surface area (Å²) >= 11 is 0. The van der Waals surface area contributed by atoms with Crippen LogP contribution in [0.3, 0.4) is 0 Å². The molecule has 2 heterocycles. The molecular weight excluding hydrogens is 428 g/mol. The van der Waals surface area contributed by atoms with Gasteiger partial charge in [-0.25, -0.2) is 9.19 Å². The number of aryl methyl sites for hydroxylation is 1. The second-order valence-electron chi connectivity index (χ2n) is 8.37. The molecule has 1 unspecified atom stereocenters. The number of aromatic nitrogens is 2. The molecular formula is C27H28N4OS. The van der Waals surface area contributed by atoms with Crippen molar-refractivity contribution in [3.63, 3.8) is 0 Å². The molecule has 168 valence electrons. The number of hydrogen-bond acceptors (Lipinski definition) is 4. The molecule has 0 aliphatic carbocycles. The zero-order chi connectivity index (χ0) is 22.8. The van der Waals surface area contributed by atoms with Crippen molar-refractivity contribution in [2.24, 2.45) is 0 Å². The summed E-state index contributed by atoms with van der Waals surface area (Å²) in [6.45, 7) is 6.71. The molecule has 4 aromatic rings. The highest BCUT2D eigenvalue weighted by molar-refractivity contribution is 7.85. The fourth-order valence-electron chi connectivity index (χ4n) is 4.45. The van der Waals surface area contributed by atoms with Crippen LogP contribution in [0.15, 0.2) is 82.8 Å². The van der Waals surface area contributed by atoms with Gasteiger partial charge in [0.25, 0.3) is 0 Å². The van der Waals surface area contributed by atoms with E-state index >= 15 is 0 Å². The van der Waals surface area contributed by atoms with E-state index in [4.69, 9.17) is 0 Å². The van der Waals surface area contributed by atoms with Crippen LogP contribution in [0.1, 0.15) is 23.2 Å². The van der Waals surface area contributed by atoms with Gasteiger partial charge in [-0.3, -0.25) is 0 Å². The maximum atomic E-state index is 13.2. The van der Waals surface area contributed by atoms with Gasteiger partial charge in [-0.2, -0.15) is 0 Å². The quantitative estimate of drug-likeness (QED) is 0.361. The number of H-pyrrole nitrogens is 1. The Labute approximate surface area is 197 Å². The van der Waals surface area contributed by atoms with Gasteiger partial charge in [-0.05, 0) is 56.1 Å². The Morgan fingerprint density at radius 2 is 1.76 bits per heavy atom. The summed E-state index contributed by atoms with van der Waals surface area (Å²) in [4.78, 5) is 11.9. The van der Waals surface area contributed by atoms with Gasteiger partial charge >= 0.3 is 0 Å². The van der Waals surface area contributed by atoms with Crippen molar-refractivity contribution in [2.45, 2.75) is 36.6 Å². The van der Waals surface area contributed by atoms with Gasteiger partial charge in [0.15, 0.2) is 0 Å². The smallest absolute Gasteiger partial charge is 0.0929 e. The van der Waals surface area contributed by atoms with Crippen LogP contribution < -0.4 is 10.2 Å². The molecule has 0 bridgehead atoms. The predicted molar refractivity (Wildman–Crippen MR) is 134 cm³/mol. The summed E-state index contributed by atoms with van der Waals surface area (Å²) in [5.41, 5.74) is 7.79. The van der Waals surface area contributed by atoms with Crippen LogP contribution in [0, 0.1) is 13.8 Å². The first-order valence-electron chi connectivity index (χ1n) is 11.3. The van der Waals surface area contributed by atoms with Crippen LogP contribution in [0.4, 0.5) is 11.4 Å². The van der Waals surface area contributed by atoms with E-state index in [1.165, 1.54) is 11.1 Å². The van der Waals surface area contributed by atoms with Crippen molar-refractivity contribution in [1.29, 1.82) is 0 Å². The lowest BCUT2D eigenvalue weighted by Gasteiger charge is -2.34. The van der Waals surface area contributed by atoms with E-state index in [1.807, 2.05) is 42.5 Å². The molecule has 0 fully saturated rings. The highest BCUT2D eigenvalue weighted by Gasteiger charge is 2.29. The second kappa shape index (κ2) is 9.33. The van der Waals surface area contributed by atoms with Crippen molar-refractivity contribution in [2.75, 3.05) is 18.0 Å². The highest BCUT2D eigenvalue weighted by atomic mass is 32.2. The molecule has 0 amide bonds. The van der Waals surface area contributed by atoms with Gasteiger partial charge in [0, 0.05) is 18.7 Å². The minimum absolute atomic E-state index is 0.736. The van der Waals surface area contributed by atoms with E-state index in [-0.39, 0.29) is 0 Å². The zero-order valence-corrected chi connectivity index (χ0v) is 19.8. The Kier molecular flexibility index (Phi) is 6.11. The van der Waals surface area contributed by atoms with E-state index in [0.29, 0.717) is 0 Å². The monoisotopic (exact) mass is 456 g/mol. The first-order valence-corrected chi connectivity index (χ1v) is 12.5. The van der Waals surface area contributed by atoms with Crippen LogP contribution in [-0.2, 0) is 17.3 Å². The third kappa shape index (κ3) is 4.12. The molecule has 0 saturated heterocycles. The number of fused-ring (bicyclic) bond motifs is 2. The average molecular weight is 457 g/mol. The van der Waals surface area contributed by atoms with E-state index in [2.05, 4.69) is 58.3 Å². The maximum Gasteiger partial charge on any atom is 0.0929 e. The Morgan fingerprint density at radius 3 is 2.61 bits per heavy atom. The first kappa shape index (κ1) is 21.6. The number of imidazole rings is 1. The molecule has 0 spiro atoms. The second-order valence-corrected chi connectivity index (χ2v) is 9.79. The van der Waals surface area contributed by atoms with Crippen LogP contribution in [0.25, 0.3) is 11.3 Å². The minimum Gasteiger partial charge on any atom is -0.347 e. The fraction of sp³-hybridized carbons (Fsp3) is 0.222. The van der Waals surface area contributed by atoms with Crippen LogP contribution in [0.2, 0.25) is 0 Å². The Bertz CT molecular complexity index is 1300. The van der Waals surface area contributed by atoms with E-state index in [0.717, 1.165) is 64.2 Å². The van der Waals surface area contributed by atoms with Crippen LogP contribution in [0.5, 0.6) is 0 Å². The number of benzene rings is 3. The van der Waals surface area contributed by atoms with Crippen molar-refractivity contribution in [3.8, 4) is 11.3 Å². The SMILES string of the molecule is Cc1ccc2c(c1C)N(CCCNCc1[nH]cnc1-c1ccccc1)c1ccccc1S2=O.